The van der Waals surface area contributed by atoms with Crippen LogP contribution in [0.1, 0.15) is 27.3 Å². The van der Waals surface area contributed by atoms with Gasteiger partial charge in [-0.25, -0.2) is 14.8 Å². The van der Waals surface area contributed by atoms with E-state index in [1.165, 1.54) is 0 Å². The second-order valence-electron chi connectivity index (χ2n) is 5.88. The van der Waals surface area contributed by atoms with Crippen LogP contribution in [0.2, 0.25) is 0 Å². The molecule has 0 saturated heterocycles. The molecule has 0 fully saturated rings. The first-order chi connectivity index (χ1) is 13.0. The van der Waals surface area contributed by atoms with Crippen molar-refractivity contribution >= 4 is 28.6 Å². The molecule has 1 N–H and O–H groups in total. The first kappa shape index (κ1) is 18.0. The lowest BCUT2D eigenvalue weighted by molar-refractivity contribution is -0.119. The molecule has 0 saturated carbocycles. The van der Waals surface area contributed by atoms with Gasteiger partial charge in [-0.15, -0.1) is 0 Å². The molecule has 1 heterocycles. The van der Waals surface area contributed by atoms with Gasteiger partial charge in [0.15, 0.2) is 6.61 Å². The third-order valence-corrected chi connectivity index (χ3v) is 3.97. The number of esters is 1. The predicted octanol–water partition coefficient (Wildman–Crippen LogP) is 2.91. The van der Waals surface area contributed by atoms with Crippen LogP contribution < -0.4 is 5.32 Å². The second kappa shape index (κ2) is 7.62. The first-order valence-electron chi connectivity index (χ1n) is 8.19. The number of hydrogen-bond acceptors (Lipinski definition) is 6. The molecule has 0 bridgehead atoms. The van der Waals surface area contributed by atoms with E-state index < -0.39 is 18.5 Å². The van der Waals surface area contributed by atoms with Crippen molar-refractivity contribution in [2.45, 2.75) is 13.8 Å². The summed E-state index contributed by atoms with van der Waals surface area (Å²) in [4.78, 5) is 33.0. The molecule has 27 heavy (non-hydrogen) atoms. The summed E-state index contributed by atoms with van der Waals surface area (Å²) >= 11 is 0. The molecular formula is C20H16N4O3. The quantitative estimate of drug-likeness (QED) is 0.717. The summed E-state index contributed by atoms with van der Waals surface area (Å²) < 4.78 is 5.06. The van der Waals surface area contributed by atoms with E-state index in [1.807, 2.05) is 19.9 Å². The Balaban J connectivity index is 1.67. The van der Waals surface area contributed by atoms with Crippen LogP contribution >= 0.6 is 0 Å². The third kappa shape index (κ3) is 4.07. The highest BCUT2D eigenvalue weighted by Gasteiger charge is 2.13. The minimum absolute atomic E-state index is 0.283. The van der Waals surface area contributed by atoms with E-state index in [-0.39, 0.29) is 5.56 Å². The van der Waals surface area contributed by atoms with Crippen molar-refractivity contribution in [2.75, 3.05) is 11.9 Å². The molecule has 1 aromatic heterocycles. The Bertz CT molecular complexity index is 1090. The van der Waals surface area contributed by atoms with Gasteiger partial charge in [-0.05, 0) is 44.2 Å². The SMILES string of the molecule is Cc1nc2ccc(C(=O)OCC(=O)Nc3ccccc3C#N)cc2nc1C. The van der Waals surface area contributed by atoms with Crippen LogP contribution in [0.4, 0.5) is 5.69 Å². The molecule has 7 nitrogen and oxygen atoms in total. The summed E-state index contributed by atoms with van der Waals surface area (Å²) in [5, 5.41) is 11.6. The molecule has 7 heteroatoms. The molecule has 0 aliphatic heterocycles. The number of hydrogen-bond donors (Lipinski definition) is 1. The molecule has 134 valence electrons. The highest BCUT2D eigenvalue weighted by atomic mass is 16.5. The number of nitriles is 1. The van der Waals surface area contributed by atoms with Crippen molar-refractivity contribution in [1.29, 1.82) is 5.26 Å². The highest BCUT2D eigenvalue weighted by molar-refractivity contribution is 5.97. The summed E-state index contributed by atoms with van der Waals surface area (Å²) in [7, 11) is 0. The normalized spacial score (nSPS) is 10.3. The molecule has 0 atom stereocenters. The van der Waals surface area contributed by atoms with Gasteiger partial charge < -0.3 is 10.1 Å². The summed E-state index contributed by atoms with van der Waals surface area (Å²) in [6, 6.07) is 13.4. The summed E-state index contributed by atoms with van der Waals surface area (Å²) in [6.45, 7) is 3.25. The number of anilines is 1. The van der Waals surface area contributed by atoms with Crippen molar-refractivity contribution in [2.24, 2.45) is 0 Å². The standard InChI is InChI=1S/C20H16N4O3/c1-12-13(2)23-18-9-14(7-8-17(18)22-12)20(26)27-11-19(25)24-16-6-4-3-5-15(16)10-21/h3-9H,11H2,1-2H3,(H,24,25). The number of para-hydroxylation sites is 1. The Morgan fingerprint density at radius 2 is 1.78 bits per heavy atom. The van der Waals surface area contributed by atoms with Crippen LogP contribution in [0.15, 0.2) is 42.5 Å². The maximum Gasteiger partial charge on any atom is 0.338 e. The monoisotopic (exact) mass is 360 g/mol. The lowest BCUT2D eigenvalue weighted by Crippen LogP contribution is -2.21. The van der Waals surface area contributed by atoms with Gasteiger partial charge in [-0.3, -0.25) is 4.79 Å². The van der Waals surface area contributed by atoms with Gasteiger partial charge in [0.25, 0.3) is 5.91 Å². The molecule has 0 spiro atoms. The van der Waals surface area contributed by atoms with E-state index >= 15 is 0 Å². The Kier molecular flexibility index (Phi) is 5.08. The van der Waals surface area contributed by atoms with Crippen molar-refractivity contribution < 1.29 is 14.3 Å². The van der Waals surface area contributed by atoms with E-state index in [1.54, 1.807) is 42.5 Å². The molecule has 0 unspecified atom stereocenters. The number of carbonyl (C=O) groups is 2. The van der Waals surface area contributed by atoms with Crippen molar-refractivity contribution in [1.82, 2.24) is 9.97 Å². The molecule has 1 amide bonds. The maximum atomic E-state index is 12.2. The third-order valence-electron chi connectivity index (χ3n) is 3.97. The maximum absolute atomic E-state index is 12.2. The van der Waals surface area contributed by atoms with E-state index in [2.05, 4.69) is 15.3 Å². The number of nitrogens with one attached hydrogen (secondary N) is 1. The Labute approximate surface area is 155 Å². The Hall–Kier alpha value is -3.79. The zero-order valence-corrected chi connectivity index (χ0v) is 14.8. The predicted molar refractivity (Wildman–Crippen MR) is 99.1 cm³/mol. The Morgan fingerprint density at radius 1 is 1.07 bits per heavy atom. The number of aromatic nitrogens is 2. The minimum atomic E-state index is -0.638. The second-order valence-corrected chi connectivity index (χ2v) is 5.88. The number of rotatable bonds is 4. The fourth-order valence-electron chi connectivity index (χ4n) is 2.45. The van der Waals surface area contributed by atoms with Crippen molar-refractivity contribution in [3.8, 4) is 6.07 Å². The van der Waals surface area contributed by atoms with E-state index in [0.717, 1.165) is 11.4 Å². The lowest BCUT2D eigenvalue weighted by atomic mass is 10.2. The first-order valence-corrected chi connectivity index (χ1v) is 8.19. The molecule has 0 aliphatic rings. The molecular weight excluding hydrogens is 344 g/mol. The van der Waals surface area contributed by atoms with Crippen molar-refractivity contribution in [3.63, 3.8) is 0 Å². The van der Waals surface area contributed by atoms with E-state index in [9.17, 15) is 9.59 Å². The van der Waals surface area contributed by atoms with Gasteiger partial charge in [0.05, 0.1) is 39.2 Å². The van der Waals surface area contributed by atoms with Crippen LogP contribution in [0, 0.1) is 25.2 Å². The highest BCUT2D eigenvalue weighted by Crippen LogP contribution is 2.16. The number of nitrogens with zero attached hydrogens (tertiary/aromatic N) is 3. The van der Waals surface area contributed by atoms with Crippen LogP contribution in [0.25, 0.3) is 11.0 Å². The summed E-state index contributed by atoms with van der Waals surface area (Å²) in [6.07, 6.45) is 0. The fraction of sp³-hybridized carbons (Fsp3) is 0.150. The molecule has 0 aliphatic carbocycles. The van der Waals surface area contributed by atoms with Crippen LogP contribution in [-0.2, 0) is 9.53 Å². The smallest absolute Gasteiger partial charge is 0.338 e. The van der Waals surface area contributed by atoms with Gasteiger partial charge in [0, 0.05) is 0 Å². The number of carbonyl (C=O) groups excluding carboxylic acids is 2. The molecule has 3 rings (SSSR count). The number of aryl methyl sites for hydroxylation is 2. The average molecular weight is 360 g/mol. The zero-order valence-electron chi connectivity index (χ0n) is 14.8. The number of amides is 1. The van der Waals surface area contributed by atoms with Gasteiger partial charge in [0.1, 0.15) is 6.07 Å². The van der Waals surface area contributed by atoms with E-state index in [4.69, 9.17) is 10.00 Å². The topological polar surface area (TPSA) is 105 Å². The van der Waals surface area contributed by atoms with Crippen LogP contribution in [-0.4, -0.2) is 28.5 Å². The van der Waals surface area contributed by atoms with Crippen LogP contribution in [0.3, 0.4) is 0 Å². The number of ether oxygens (including phenoxy) is 1. The van der Waals surface area contributed by atoms with Gasteiger partial charge in [-0.1, -0.05) is 12.1 Å². The van der Waals surface area contributed by atoms with Crippen LogP contribution in [0.5, 0.6) is 0 Å². The molecule has 0 radical (unpaired) electrons. The van der Waals surface area contributed by atoms with Crippen molar-refractivity contribution in [3.05, 3.63) is 65.0 Å². The van der Waals surface area contributed by atoms with Gasteiger partial charge in [-0.2, -0.15) is 5.26 Å². The van der Waals surface area contributed by atoms with Gasteiger partial charge in [0.2, 0.25) is 0 Å². The average Bonchev–Trinajstić information content (AvgIpc) is 2.67. The lowest BCUT2D eigenvalue weighted by Gasteiger charge is -2.08. The fourth-order valence-corrected chi connectivity index (χ4v) is 2.45. The molecule has 2 aromatic carbocycles. The largest absolute Gasteiger partial charge is 0.452 e. The number of fused-ring (bicyclic) bond motifs is 1. The number of benzene rings is 2. The Morgan fingerprint density at radius 3 is 2.52 bits per heavy atom. The summed E-state index contributed by atoms with van der Waals surface area (Å²) in [5.41, 5.74) is 3.85. The summed E-state index contributed by atoms with van der Waals surface area (Å²) in [5.74, 6) is -1.17. The van der Waals surface area contributed by atoms with Gasteiger partial charge >= 0.3 is 5.97 Å². The van der Waals surface area contributed by atoms with E-state index in [0.29, 0.717) is 22.3 Å². The minimum Gasteiger partial charge on any atom is -0.452 e. The molecule has 3 aromatic rings. The zero-order chi connectivity index (χ0) is 19.4.